The van der Waals surface area contributed by atoms with Crippen LogP contribution in [0.4, 0.5) is 10.1 Å². The predicted octanol–water partition coefficient (Wildman–Crippen LogP) is 1.32. The summed E-state index contributed by atoms with van der Waals surface area (Å²) in [6.45, 7) is 3.35. The van der Waals surface area contributed by atoms with Crippen LogP contribution in [0.5, 0.6) is 0 Å². The maximum atomic E-state index is 13.5. The van der Waals surface area contributed by atoms with Gasteiger partial charge >= 0.3 is 5.97 Å². The van der Waals surface area contributed by atoms with Gasteiger partial charge < -0.3 is 15.7 Å². The molecule has 1 aliphatic heterocycles. The Morgan fingerprint density at radius 1 is 1.42 bits per heavy atom. The largest absolute Gasteiger partial charge is 0.478 e. The van der Waals surface area contributed by atoms with Gasteiger partial charge in [0.2, 0.25) is 5.91 Å². The van der Waals surface area contributed by atoms with Gasteiger partial charge in [-0.2, -0.15) is 0 Å². The summed E-state index contributed by atoms with van der Waals surface area (Å²) in [6, 6.07) is 3.55. The van der Waals surface area contributed by atoms with Crippen LogP contribution in [0, 0.1) is 17.7 Å². The van der Waals surface area contributed by atoms with Gasteiger partial charge in [-0.05, 0) is 30.7 Å². The molecular formula is C13H15FN2O3. The Hall–Kier alpha value is -1.95. The number of rotatable bonds is 3. The molecule has 0 radical (unpaired) electrons. The molecule has 19 heavy (non-hydrogen) atoms. The van der Waals surface area contributed by atoms with Crippen molar-refractivity contribution in [2.75, 3.05) is 18.4 Å². The van der Waals surface area contributed by atoms with E-state index in [2.05, 4.69) is 10.6 Å². The number of nitrogens with one attached hydrogen (secondary N) is 2. The number of carbonyl (C=O) groups is 2. The Kier molecular flexibility index (Phi) is 3.80. The summed E-state index contributed by atoms with van der Waals surface area (Å²) in [5.41, 5.74) is -0.138. The van der Waals surface area contributed by atoms with Gasteiger partial charge in [-0.3, -0.25) is 4.79 Å². The molecule has 1 saturated heterocycles. The van der Waals surface area contributed by atoms with E-state index in [9.17, 15) is 14.0 Å². The minimum Gasteiger partial charge on any atom is -0.478 e. The topological polar surface area (TPSA) is 78.4 Å². The molecule has 1 heterocycles. The number of anilines is 1. The molecule has 5 nitrogen and oxygen atoms in total. The molecule has 0 aromatic heterocycles. The molecule has 0 unspecified atom stereocenters. The summed E-state index contributed by atoms with van der Waals surface area (Å²) in [4.78, 5) is 22.6. The predicted molar refractivity (Wildman–Crippen MR) is 67.5 cm³/mol. The molecule has 0 bridgehead atoms. The van der Waals surface area contributed by atoms with E-state index < -0.39 is 17.3 Å². The van der Waals surface area contributed by atoms with E-state index >= 15 is 0 Å². The van der Waals surface area contributed by atoms with Crippen molar-refractivity contribution in [2.45, 2.75) is 6.92 Å². The number of carboxylic acids is 1. The lowest BCUT2D eigenvalue weighted by Crippen LogP contribution is -2.27. The summed E-state index contributed by atoms with van der Waals surface area (Å²) in [7, 11) is 0. The monoisotopic (exact) mass is 266 g/mol. The molecule has 1 aliphatic rings. The Morgan fingerprint density at radius 3 is 2.68 bits per heavy atom. The average molecular weight is 266 g/mol. The normalized spacial score (nSPS) is 22.2. The van der Waals surface area contributed by atoms with Crippen LogP contribution in [0.25, 0.3) is 0 Å². The fourth-order valence-electron chi connectivity index (χ4n) is 2.16. The van der Waals surface area contributed by atoms with Crippen molar-refractivity contribution in [3.8, 4) is 0 Å². The number of carboxylic acid groups (broad SMARTS) is 1. The van der Waals surface area contributed by atoms with Crippen LogP contribution in [-0.2, 0) is 4.79 Å². The molecule has 3 N–H and O–H groups in total. The number of hydrogen-bond acceptors (Lipinski definition) is 3. The van der Waals surface area contributed by atoms with Crippen molar-refractivity contribution < 1.29 is 19.1 Å². The molecule has 0 saturated carbocycles. The lowest BCUT2D eigenvalue weighted by Gasteiger charge is -2.14. The van der Waals surface area contributed by atoms with E-state index in [1.54, 1.807) is 0 Å². The molecule has 2 rings (SSSR count). The Balaban J connectivity index is 2.09. The van der Waals surface area contributed by atoms with Gasteiger partial charge in [0.25, 0.3) is 0 Å². The fraction of sp³-hybridized carbons (Fsp3) is 0.385. The number of aromatic carboxylic acids is 1. The van der Waals surface area contributed by atoms with E-state index in [1.165, 1.54) is 6.07 Å². The van der Waals surface area contributed by atoms with Crippen LogP contribution in [0.2, 0.25) is 0 Å². The molecule has 1 aromatic carbocycles. The van der Waals surface area contributed by atoms with Crippen LogP contribution in [0.3, 0.4) is 0 Å². The van der Waals surface area contributed by atoms with Gasteiger partial charge in [-0.15, -0.1) is 0 Å². The van der Waals surface area contributed by atoms with Gasteiger partial charge in [0.15, 0.2) is 0 Å². The highest BCUT2D eigenvalue weighted by Crippen LogP contribution is 2.20. The molecule has 1 amide bonds. The average Bonchev–Trinajstić information content (AvgIpc) is 2.75. The lowest BCUT2D eigenvalue weighted by molar-refractivity contribution is -0.120. The van der Waals surface area contributed by atoms with E-state index in [0.29, 0.717) is 6.54 Å². The van der Waals surface area contributed by atoms with Gasteiger partial charge in [-0.25, -0.2) is 9.18 Å². The third-order valence-corrected chi connectivity index (χ3v) is 3.32. The highest BCUT2D eigenvalue weighted by Gasteiger charge is 2.29. The van der Waals surface area contributed by atoms with Crippen LogP contribution < -0.4 is 10.6 Å². The third kappa shape index (κ3) is 2.90. The van der Waals surface area contributed by atoms with Gasteiger partial charge in [0.05, 0.1) is 11.5 Å². The van der Waals surface area contributed by atoms with E-state index in [0.717, 1.165) is 18.7 Å². The standard InChI is InChI=1S/C13H15FN2O3/c1-7-5-15-6-10(7)12(17)16-8-2-3-9(13(18)19)11(14)4-8/h2-4,7,10,15H,5-6H2,1H3,(H,16,17)(H,18,19)/t7-,10-/m1/s1. The Bertz CT molecular complexity index is 519. The molecule has 2 atom stereocenters. The van der Waals surface area contributed by atoms with Crippen molar-refractivity contribution in [3.05, 3.63) is 29.6 Å². The molecule has 1 fully saturated rings. The molecular weight excluding hydrogens is 251 g/mol. The van der Waals surface area contributed by atoms with Crippen molar-refractivity contribution >= 4 is 17.6 Å². The van der Waals surface area contributed by atoms with Crippen molar-refractivity contribution in [1.82, 2.24) is 5.32 Å². The maximum absolute atomic E-state index is 13.5. The van der Waals surface area contributed by atoms with Crippen LogP contribution >= 0.6 is 0 Å². The SMILES string of the molecule is C[C@@H]1CNC[C@H]1C(=O)Nc1ccc(C(=O)O)c(F)c1. The number of amides is 1. The number of hydrogen-bond donors (Lipinski definition) is 3. The van der Waals surface area contributed by atoms with Gasteiger partial charge in [0.1, 0.15) is 5.82 Å². The van der Waals surface area contributed by atoms with Crippen molar-refractivity contribution in [3.63, 3.8) is 0 Å². The second-order valence-electron chi connectivity index (χ2n) is 4.73. The maximum Gasteiger partial charge on any atom is 0.338 e. The number of carbonyl (C=O) groups excluding carboxylic acids is 1. The Labute approximate surface area is 109 Å². The third-order valence-electron chi connectivity index (χ3n) is 3.32. The highest BCUT2D eigenvalue weighted by atomic mass is 19.1. The highest BCUT2D eigenvalue weighted by molar-refractivity contribution is 5.94. The first-order valence-corrected chi connectivity index (χ1v) is 6.03. The summed E-state index contributed by atoms with van der Waals surface area (Å²) in [5, 5.41) is 14.4. The minimum atomic E-state index is -1.33. The molecule has 0 spiro atoms. The first-order valence-electron chi connectivity index (χ1n) is 6.03. The first kappa shape index (κ1) is 13.5. The molecule has 102 valence electrons. The van der Waals surface area contributed by atoms with Crippen molar-refractivity contribution in [1.29, 1.82) is 0 Å². The summed E-state index contributed by atoms with van der Waals surface area (Å²) < 4.78 is 13.5. The zero-order valence-electron chi connectivity index (χ0n) is 10.4. The Morgan fingerprint density at radius 2 is 2.16 bits per heavy atom. The summed E-state index contributed by atoms with van der Waals surface area (Å²) in [6.07, 6.45) is 0. The number of halogens is 1. The van der Waals surface area contributed by atoms with E-state index in [1.807, 2.05) is 6.92 Å². The van der Waals surface area contributed by atoms with Crippen molar-refractivity contribution in [2.24, 2.45) is 11.8 Å². The van der Waals surface area contributed by atoms with Crippen LogP contribution in [-0.4, -0.2) is 30.1 Å². The molecule has 6 heteroatoms. The van der Waals surface area contributed by atoms with E-state index in [4.69, 9.17) is 5.11 Å². The zero-order valence-corrected chi connectivity index (χ0v) is 10.4. The summed E-state index contributed by atoms with van der Waals surface area (Å²) >= 11 is 0. The van der Waals surface area contributed by atoms with Gasteiger partial charge in [-0.1, -0.05) is 6.92 Å². The fourth-order valence-corrected chi connectivity index (χ4v) is 2.16. The smallest absolute Gasteiger partial charge is 0.338 e. The van der Waals surface area contributed by atoms with Crippen LogP contribution in [0.1, 0.15) is 17.3 Å². The minimum absolute atomic E-state index is 0.151. The van der Waals surface area contributed by atoms with E-state index in [-0.39, 0.29) is 23.4 Å². The second-order valence-corrected chi connectivity index (χ2v) is 4.73. The quantitative estimate of drug-likeness (QED) is 0.771. The first-order chi connectivity index (χ1) is 8.99. The molecule has 1 aromatic rings. The van der Waals surface area contributed by atoms with Crippen LogP contribution in [0.15, 0.2) is 18.2 Å². The number of benzene rings is 1. The van der Waals surface area contributed by atoms with Gasteiger partial charge in [0, 0.05) is 12.2 Å². The zero-order chi connectivity index (χ0) is 14.0. The summed E-state index contributed by atoms with van der Waals surface area (Å²) in [5.74, 6) is -2.29. The molecule has 0 aliphatic carbocycles. The second kappa shape index (κ2) is 5.36. The lowest BCUT2D eigenvalue weighted by atomic mass is 9.97.